The van der Waals surface area contributed by atoms with E-state index in [1.807, 2.05) is 0 Å². The minimum absolute atomic E-state index is 0.500. The quantitative estimate of drug-likeness (QED) is 0.138. The molecule has 29 aromatic carbocycles. The Hall–Kier alpha value is -8.52. The van der Waals surface area contributed by atoms with E-state index in [0.29, 0.717) is 0 Å². The maximum absolute atomic E-state index is 8.55. The first-order valence-corrected chi connectivity index (χ1v) is 25.4. The monoisotopic (exact) mass is 826 g/mol. The Kier molecular flexibility index (Phi) is 1.90. The molecule has 0 aromatic heterocycles. The van der Waals surface area contributed by atoms with Gasteiger partial charge >= 0.3 is 0 Å². The molecule has 2 atom stereocenters. The summed E-state index contributed by atoms with van der Waals surface area (Å²) in [5.41, 5.74) is 8.04. The molecular formula is C67H6O. The molecule has 29 aromatic rings. The fraction of sp³-hybridized carbons (Fsp3) is 0.0448. The Morgan fingerprint density at radius 1 is 0.235 bits per heavy atom. The molecule has 1 heteroatoms. The lowest BCUT2D eigenvalue weighted by atomic mass is 9.54. The SMILES string of the molecule is Cc1ccc2c(c1)C13c4c5c6c7c8c9c(c%10c%11c1c1c%12c4c4c%13c5c5c7c7c8c8c%14c9c%10c9c%10c%11c1c1c%11c%12c4c4c%12c%13c5c5c7c7c8c8c%14c9c9c%10c1c1c%11c4c4c%12c5c7c5c8c9c1c45)C63O2. The summed E-state index contributed by atoms with van der Waals surface area (Å²) in [6.07, 6.45) is 0. The van der Waals surface area contributed by atoms with Gasteiger partial charge in [-0.3, -0.25) is 0 Å². The third kappa shape index (κ3) is 1.21. The predicted molar refractivity (Wildman–Crippen MR) is 285 cm³/mol. The Balaban J connectivity index is 1.23. The van der Waals surface area contributed by atoms with Crippen molar-refractivity contribution in [3.8, 4) is 5.75 Å². The fourth-order valence-corrected chi connectivity index (χ4v) is 25.0. The van der Waals surface area contributed by atoms with E-state index in [-0.39, 0.29) is 0 Å². The van der Waals surface area contributed by atoms with Crippen LogP contribution in [0.25, 0.3) is 291 Å². The number of benzene rings is 18. The topological polar surface area (TPSA) is 9.23 Å². The van der Waals surface area contributed by atoms with Gasteiger partial charge in [-0.1, -0.05) is 17.7 Å². The second kappa shape index (κ2) is 5.33. The molecule has 1 heterocycles. The van der Waals surface area contributed by atoms with Gasteiger partial charge in [0.25, 0.3) is 0 Å². The van der Waals surface area contributed by atoms with Crippen LogP contribution in [-0.4, -0.2) is 0 Å². The summed E-state index contributed by atoms with van der Waals surface area (Å²) in [4.78, 5) is 0. The van der Waals surface area contributed by atoms with E-state index in [2.05, 4.69) is 25.1 Å². The van der Waals surface area contributed by atoms with E-state index in [0.717, 1.165) is 5.75 Å². The number of fused-ring (bicyclic) bond motifs is 1. The normalized spacial score (nSPS) is 22.4. The van der Waals surface area contributed by atoms with Gasteiger partial charge in [0.05, 0.1) is 5.41 Å². The average molecular weight is 827 g/mol. The standard InChI is InChI=1S/C67H6O/c1-5-2-3-7-6(4-5)66-62-55-48-36-28-19-10-8-9-11-14(10)23-30(28)38-39-31(23)29-20(11)22-18-13(9)16-15-12(8)17-21(19)34(36)42-40-26(17)24(15)32-33-25(16)27(18)41-43-35(22)37(29)49-51(39)60(59(62)50(38)48)64-57(49)54(43)58-47(41)45(33)52-44(32)46(40)56(53(42)55)63(66)61(52)65(58)67(64,66)68-7/h2-4H,1H3. The maximum Gasteiger partial charge on any atom is 0.179 e. The zero-order valence-corrected chi connectivity index (χ0v) is 34.6. The van der Waals surface area contributed by atoms with Crippen molar-refractivity contribution in [1.82, 2.24) is 0 Å². The van der Waals surface area contributed by atoms with Crippen LogP contribution in [0.2, 0.25) is 0 Å². The van der Waals surface area contributed by atoms with Crippen molar-refractivity contribution >= 4 is 291 Å². The lowest BCUT2D eigenvalue weighted by Crippen LogP contribution is -2.50. The molecule has 5 aliphatic rings. The van der Waals surface area contributed by atoms with Crippen LogP contribution >= 0.6 is 0 Å². The highest BCUT2D eigenvalue weighted by Gasteiger charge is 2.75. The van der Waals surface area contributed by atoms with Gasteiger partial charge in [0.2, 0.25) is 0 Å². The van der Waals surface area contributed by atoms with Crippen LogP contribution in [0.15, 0.2) is 18.2 Å². The minimum atomic E-state index is -0.700. The van der Waals surface area contributed by atoms with Crippen molar-refractivity contribution in [3.63, 3.8) is 0 Å². The molecule has 0 bridgehead atoms. The number of aryl methyl sites for hydroxylation is 1. The fourth-order valence-electron chi connectivity index (χ4n) is 25.0. The molecular weight excluding hydrogens is 821 g/mol. The lowest BCUT2D eigenvalue weighted by Gasteiger charge is -2.47. The van der Waals surface area contributed by atoms with Gasteiger partial charge in [0.15, 0.2) is 5.60 Å². The van der Waals surface area contributed by atoms with Gasteiger partial charge < -0.3 is 4.74 Å². The second-order valence-electron chi connectivity index (χ2n) is 25.3. The molecule has 0 fully saturated rings. The van der Waals surface area contributed by atoms with Gasteiger partial charge in [-0.05, 0) is 315 Å². The van der Waals surface area contributed by atoms with E-state index in [1.165, 1.54) is 11.1 Å². The van der Waals surface area contributed by atoms with Crippen LogP contribution in [0.3, 0.4) is 0 Å². The van der Waals surface area contributed by atoms with E-state index in [1.54, 1.807) is 313 Å². The number of hydrogen-bond acceptors (Lipinski definition) is 1. The van der Waals surface area contributed by atoms with Gasteiger partial charge in [-0.2, -0.15) is 0 Å². The highest BCUT2D eigenvalue weighted by atomic mass is 16.5. The molecule has 1 aliphatic heterocycles. The molecule has 4 aliphatic carbocycles. The number of ether oxygens (including phenoxy) is 1. The number of rotatable bonds is 0. The maximum atomic E-state index is 8.55. The Labute approximate surface area is 368 Å². The molecule has 0 radical (unpaired) electrons. The summed E-state index contributed by atoms with van der Waals surface area (Å²) >= 11 is 0. The lowest BCUT2D eigenvalue weighted by molar-refractivity contribution is 0.105. The smallest absolute Gasteiger partial charge is 0.179 e. The van der Waals surface area contributed by atoms with Crippen LogP contribution in [-0.2, 0) is 11.0 Å². The first-order chi connectivity index (χ1) is 33.8. The van der Waals surface area contributed by atoms with Gasteiger partial charge in [0.1, 0.15) is 5.75 Å². The molecule has 2 unspecified atom stereocenters. The van der Waals surface area contributed by atoms with Crippen molar-refractivity contribution in [2.75, 3.05) is 0 Å². The van der Waals surface area contributed by atoms with Crippen LogP contribution < -0.4 is 4.74 Å². The molecule has 0 saturated heterocycles. The predicted octanol–water partition coefficient (Wildman–Crippen LogP) is 18.0. The van der Waals surface area contributed by atoms with Crippen molar-refractivity contribution in [1.29, 1.82) is 0 Å². The van der Waals surface area contributed by atoms with Gasteiger partial charge in [-0.25, -0.2) is 0 Å². The third-order valence-electron chi connectivity index (χ3n) is 25.0. The first kappa shape index (κ1) is 24.3. The third-order valence-corrected chi connectivity index (χ3v) is 25.0. The highest BCUT2D eigenvalue weighted by Crippen LogP contribution is 2.86. The van der Waals surface area contributed by atoms with Crippen LogP contribution in [0, 0.1) is 6.92 Å². The van der Waals surface area contributed by atoms with E-state index >= 15 is 0 Å². The summed E-state index contributed by atoms with van der Waals surface area (Å²) in [6, 6.07) is 7.40. The molecule has 0 N–H and O–H groups in total. The van der Waals surface area contributed by atoms with Gasteiger partial charge in [-0.15, -0.1) is 0 Å². The molecule has 34 rings (SSSR count). The van der Waals surface area contributed by atoms with E-state index < -0.39 is 11.0 Å². The Morgan fingerprint density at radius 2 is 0.441 bits per heavy atom. The van der Waals surface area contributed by atoms with Crippen LogP contribution in [0.1, 0.15) is 33.4 Å². The summed E-state index contributed by atoms with van der Waals surface area (Å²) < 4.78 is 8.55. The Bertz CT molecular complexity index is 7500. The zero-order chi connectivity index (χ0) is 40.0. The molecule has 68 heavy (non-hydrogen) atoms. The first-order valence-electron chi connectivity index (χ1n) is 25.4. The molecule has 2 spiro atoms. The summed E-state index contributed by atoms with van der Waals surface area (Å²) in [6.45, 7) is 2.36. The van der Waals surface area contributed by atoms with Crippen LogP contribution in [0.4, 0.5) is 0 Å². The minimum Gasteiger partial charge on any atom is -0.476 e. The van der Waals surface area contributed by atoms with Gasteiger partial charge in [0, 0.05) is 16.7 Å². The highest BCUT2D eigenvalue weighted by molar-refractivity contribution is 6.82. The van der Waals surface area contributed by atoms with Crippen molar-refractivity contribution in [2.45, 2.75) is 17.9 Å². The molecule has 0 saturated carbocycles. The number of hydrogen-bond donors (Lipinski definition) is 0. The van der Waals surface area contributed by atoms with Crippen LogP contribution in [0.5, 0.6) is 5.75 Å². The molecule has 280 valence electrons. The summed E-state index contributed by atoms with van der Waals surface area (Å²) in [7, 11) is 0. The largest absolute Gasteiger partial charge is 0.476 e. The zero-order valence-electron chi connectivity index (χ0n) is 34.6. The van der Waals surface area contributed by atoms with Crippen molar-refractivity contribution < 1.29 is 4.74 Å². The second-order valence-corrected chi connectivity index (χ2v) is 25.3. The molecule has 0 amide bonds. The average Bonchev–Trinajstić information content (AvgIpc) is 4.26. The van der Waals surface area contributed by atoms with Crippen molar-refractivity contribution in [3.05, 3.63) is 51.6 Å². The van der Waals surface area contributed by atoms with E-state index in [9.17, 15) is 0 Å². The summed E-state index contributed by atoms with van der Waals surface area (Å²) in [5.74, 6) is 1.13. The van der Waals surface area contributed by atoms with E-state index in [4.69, 9.17) is 4.74 Å². The molecule has 1 nitrogen and oxygen atoms in total. The Morgan fingerprint density at radius 3 is 0.765 bits per heavy atom. The van der Waals surface area contributed by atoms with Crippen molar-refractivity contribution in [2.24, 2.45) is 0 Å². The summed E-state index contributed by atoms with van der Waals surface area (Å²) in [5, 5.41) is 88.2.